The summed E-state index contributed by atoms with van der Waals surface area (Å²) in [6.45, 7) is 1.08. The number of aliphatic hydroxyl groups is 2. The van der Waals surface area contributed by atoms with Crippen LogP contribution in [-0.4, -0.2) is 54.1 Å². The van der Waals surface area contributed by atoms with E-state index in [4.69, 9.17) is 23.7 Å². The van der Waals surface area contributed by atoms with Crippen LogP contribution in [0.1, 0.15) is 23.0 Å². The average molecular weight is 479 g/mol. The molecule has 3 aromatic carbocycles. The first kappa shape index (κ1) is 23.9. The Labute approximate surface area is 204 Å². The minimum absolute atomic E-state index is 0.234. The molecule has 0 spiro atoms. The summed E-state index contributed by atoms with van der Waals surface area (Å²) in [5.74, 6) is 0.796. The zero-order valence-corrected chi connectivity index (χ0v) is 19.3. The summed E-state index contributed by atoms with van der Waals surface area (Å²) in [7, 11) is 0. The SMILES string of the molecule is O[C@@H]1[C@@H](O)[C@H](OCCc2ccc(OCc3ccccc3)cc2)O[C@@H]2CO[C@@H](c3ccccc3)O[C@@H]12. The molecule has 35 heavy (non-hydrogen) atoms. The Kier molecular flexibility index (Phi) is 7.73. The fraction of sp³-hybridized carbons (Fsp3) is 0.357. The van der Waals surface area contributed by atoms with E-state index in [-0.39, 0.29) is 6.61 Å². The van der Waals surface area contributed by atoms with Crippen LogP contribution in [0.3, 0.4) is 0 Å². The van der Waals surface area contributed by atoms with Gasteiger partial charge in [0.15, 0.2) is 12.6 Å². The van der Waals surface area contributed by atoms with E-state index in [2.05, 4.69) is 0 Å². The zero-order valence-electron chi connectivity index (χ0n) is 19.3. The molecule has 6 atom stereocenters. The van der Waals surface area contributed by atoms with Crippen LogP contribution in [0.25, 0.3) is 0 Å². The van der Waals surface area contributed by atoms with E-state index in [1.54, 1.807) is 0 Å². The lowest BCUT2D eigenvalue weighted by molar-refractivity contribution is -0.361. The Morgan fingerprint density at radius 2 is 1.49 bits per heavy atom. The van der Waals surface area contributed by atoms with Gasteiger partial charge in [-0.05, 0) is 29.7 Å². The van der Waals surface area contributed by atoms with Crippen LogP contribution >= 0.6 is 0 Å². The van der Waals surface area contributed by atoms with E-state index in [9.17, 15) is 10.2 Å². The lowest BCUT2D eigenvalue weighted by Crippen LogP contribution is -2.62. The molecule has 0 bridgehead atoms. The van der Waals surface area contributed by atoms with Crippen molar-refractivity contribution < 1.29 is 33.9 Å². The number of fused-ring (bicyclic) bond motifs is 1. The first-order valence-corrected chi connectivity index (χ1v) is 11.9. The fourth-order valence-corrected chi connectivity index (χ4v) is 4.28. The summed E-state index contributed by atoms with van der Waals surface area (Å²) in [6, 6.07) is 27.3. The van der Waals surface area contributed by atoms with Crippen molar-refractivity contribution in [3.63, 3.8) is 0 Å². The molecule has 184 valence electrons. The number of aliphatic hydroxyl groups excluding tert-OH is 2. The third kappa shape index (κ3) is 5.90. The van der Waals surface area contributed by atoms with Gasteiger partial charge >= 0.3 is 0 Å². The van der Waals surface area contributed by atoms with Gasteiger partial charge in [0.25, 0.3) is 0 Å². The van der Waals surface area contributed by atoms with Crippen LogP contribution in [0.15, 0.2) is 84.9 Å². The molecule has 5 rings (SSSR count). The predicted octanol–water partition coefficient (Wildman–Crippen LogP) is 3.39. The molecular weight excluding hydrogens is 448 g/mol. The molecule has 2 N–H and O–H groups in total. The summed E-state index contributed by atoms with van der Waals surface area (Å²) < 4.78 is 29.2. The highest BCUT2D eigenvalue weighted by molar-refractivity contribution is 5.28. The lowest BCUT2D eigenvalue weighted by Gasteiger charge is -2.46. The third-order valence-electron chi connectivity index (χ3n) is 6.25. The molecule has 0 radical (unpaired) electrons. The Morgan fingerprint density at radius 3 is 2.23 bits per heavy atom. The van der Waals surface area contributed by atoms with Gasteiger partial charge in [-0.15, -0.1) is 0 Å². The second-order valence-electron chi connectivity index (χ2n) is 8.74. The largest absolute Gasteiger partial charge is 0.489 e. The highest BCUT2D eigenvalue weighted by Gasteiger charge is 2.49. The smallest absolute Gasteiger partial charge is 0.186 e. The van der Waals surface area contributed by atoms with E-state index < -0.39 is 37.0 Å². The van der Waals surface area contributed by atoms with Crippen LogP contribution < -0.4 is 4.74 Å². The number of benzene rings is 3. The molecule has 3 aromatic rings. The van der Waals surface area contributed by atoms with Gasteiger partial charge in [0, 0.05) is 5.56 Å². The number of rotatable bonds is 8. The van der Waals surface area contributed by atoms with Gasteiger partial charge in [0.1, 0.15) is 36.8 Å². The van der Waals surface area contributed by atoms with Gasteiger partial charge in [-0.3, -0.25) is 0 Å². The molecular formula is C28H30O7. The molecule has 7 heteroatoms. The third-order valence-corrected chi connectivity index (χ3v) is 6.25. The second kappa shape index (κ2) is 11.3. The zero-order chi connectivity index (χ0) is 24.0. The van der Waals surface area contributed by atoms with Gasteiger partial charge in [-0.1, -0.05) is 72.8 Å². The molecule has 0 amide bonds. The Balaban J connectivity index is 1.09. The minimum Gasteiger partial charge on any atom is -0.489 e. The molecule has 2 aliphatic rings. The van der Waals surface area contributed by atoms with Crippen molar-refractivity contribution in [2.24, 2.45) is 0 Å². The van der Waals surface area contributed by atoms with Crippen LogP contribution in [0.2, 0.25) is 0 Å². The lowest BCUT2D eigenvalue weighted by atomic mass is 9.98. The molecule has 0 saturated carbocycles. The standard InChI is InChI=1S/C28H30O7/c29-24-25(30)28(34-23-18-33-27(35-26(23)24)21-9-5-2-6-10-21)31-16-15-19-11-13-22(14-12-19)32-17-20-7-3-1-4-8-20/h1-14,23-30H,15-18H2/t23-,24-,25-,26-,27-,28-/m1/s1. The van der Waals surface area contributed by atoms with Crippen molar-refractivity contribution in [1.29, 1.82) is 0 Å². The maximum absolute atomic E-state index is 10.7. The molecule has 0 aliphatic carbocycles. The maximum atomic E-state index is 10.7. The summed E-state index contributed by atoms with van der Waals surface area (Å²) in [5.41, 5.74) is 3.03. The number of hydrogen-bond acceptors (Lipinski definition) is 7. The molecule has 2 saturated heterocycles. The van der Waals surface area contributed by atoms with Crippen LogP contribution in [-0.2, 0) is 32.0 Å². The summed E-state index contributed by atoms with van der Waals surface area (Å²) in [6.07, 6.45) is -4.54. The van der Waals surface area contributed by atoms with E-state index in [0.29, 0.717) is 19.6 Å². The minimum atomic E-state index is -1.22. The molecule has 0 unspecified atom stereocenters. The average Bonchev–Trinajstić information content (AvgIpc) is 2.92. The molecule has 2 aliphatic heterocycles. The summed E-state index contributed by atoms with van der Waals surface area (Å²) in [5, 5.41) is 21.3. The van der Waals surface area contributed by atoms with Crippen LogP contribution in [0.5, 0.6) is 5.75 Å². The highest BCUT2D eigenvalue weighted by Crippen LogP contribution is 2.34. The van der Waals surface area contributed by atoms with Crippen molar-refractivity contribution in [3.05, 3.63) is 102 Å². The molecule has 2 fully saturated rings. The fourth-order valence-electron chi connectivity index (χ4n) is 4.28. The van der Waals surface area contributed by atoms with Crippen molar-refractivity contribution in [1.82, 2.24) is 0 Å². The topological polar surface area (TPSA) is 86.6 Å². The Hall–Kier alpha value is -2.78. The summed E-state index contributed by atoms with van der Waals surface area (Å²) in [4.78, 5) is 0. The van der Waals surface area contributed by atoms with Gasteiger partial charge in [-0.2, -0.15) is 0 Å². The van der Waals surface area contributed by atoms with Crippen LogP contribution in [0.4, 0.5) is 0 Å². The van der Waals surface area contributed by atoms with Gasteiger partial charge in [-0.25, -0.2) is 0 Å². The second-order valence-corrected chi connectivity index (χ2v) is 8.74. The predicted molar refractivity (Wildman–Crippen MR) is 128 cm³/mol. The van der Waals surface area contributed by atoms with E-state index in [1.165, 1.54) is 0 Å². The van der Waals surface area contributed by atoms with E-state index in [1.807, 2.05) is 84.9 Å². The molecule has 0 aromatic heterocycles. The van der Waals surface area contributed by atoms with Crippen molar-refractivity contribution in [2.75, 3.05) is 13.2 Å². The first-order chi connectivity index (χ1) is 17.2. The number of hydrogen-bond donors (Lipinski definition) is 2. The highest BCUT2D eigenvalue weighted by atomic mass is 16.8. The number of ether oxygens (including phenoxy) is 5. The van der Waals surface area contributed by atoms with Crippen molar-refractivity contribution in [3.8, 4) is 5.75 Å². The first-order valence-electron chi connectivity index (χ1n) is 11.9. The van der Waals surface area contributed by atoms with Gasteiger partial charge in [0.2, 0.25) is 0 Å². The monoisotopic (exact) mass is 478 g/mol. The van der Waals surface area contributed by atoms with Crippen molar-refractivity contribution >= 4 is 0 Å². The Bertz CT molecular complexity index is 1040. The molecule has 2 heterocycles. The summed E-state index contributed by atoms with van der Waals surface area (Å²) >= 11 is 0. The van der Waals surface area contributed by atoms with E-state index >= 15 is 0 Å². The van der Waals surface area contributed by atoms with E-state index in [0.717, 1.165) is 22.4 Å². The van der Waals surface area contributed by atoms with Gasteiger partial charge < -0.3 is 33.9 Å². The van der Waals surface area contributed by atoms with Crippen molar-refractivity contribution in [2.45, 2.75) is 50.0 Å². The Morgan fingerprint density at radius 1 is 0.771 bits per heavy atom. The van der Waals surface area contributed by atoms with Gasteiger partial charge in [0.05, 0.1) is 13.2 Å². The normalized spacial score (nSPS) is 28.3. The van der Waals surface area contributed by atoms with Crippen LogP contribution in [0, 0.1) is 0 Å². The molecule has 7 nitrogen and oxygen atoms in total. The maximum Gasteiger partial charge on any atom is 0.186 e. The quantitative estimate of drug-likeness (QED) is 0.513.